The number of hydrogen-bond donors (Lipinski definition) is 0. The molecule has 2 fully saturated rings. The normalized spacial score (nSPS) is 24.1. The van der Waals surface area contributed by atoms with E-state index in [0.29, 0.717) is 26.4 Å². The molecule has 0 saturated carbocycles. The molecule has 30 heavy (non-hydrogen) atoms. The van der Waals surface area contributed by atoms with Gasteiger partial charge in [-0.25, -0.2) is 9.18 Å². The molecule has 6 nitrogen and oxygen atoms in total. The number of anilines is 1. The van der Waals surface area contributed by atoms with Gasteiger partial charge in [-0.05, 0) is 58.2 Å². The van der Waals surface area contributed by atoms with Crippen LogP contribution in [0.2, 0.25) is 0 Å². The molecule has 1 amide bonds. The predicted octanol–water partition coefficient (Wildman–Crippen LogP) is 4.08. The lowest BCUT2D eigenvalue weighted by Crippen LogP contribution is -2.53. The van der Waals surface area contributed by atoms with E-state index in [1.54, 1.807) is 19.2 Å². The van der Waals surface area contributed by atoms with Crippen molar-refractivity contribution in [2.45, 2.75) is 57.7 Å². The summed E-state index contributed by atoms with van der Waals surface area (Å²) in [5, 5.41) is 0. The smallest absolute Gasteiger partial charge is 0.410 e. The Morgan fingerprint density at radius 1 is 1.23 bits per heavy atom. The topological polar surface area (TPSA) is 51.2 Å². The van der Waals surface area contributed by atoms with Crippen molar-refractivity contribution in [2.24, 2.45) is 5.92 Å². The Labute approximate surface area is 179 Å². The zero-order valence-corrected chi connectivity index (χ0v) is 18.6. The maximum Gasteiger partial charge on any atom is 0.410 e. The third-order valence-corrected chi connectivity index (χ3v) is 5.80. The van der Waals surface area contributed by atoms with Crippen molar-refractivity contribution in [3.05, 3.63) is 30.1 Å². The van der Waals surface area contributed by atoms with Gasteiger partial charge in [0.2, 0.25) is 0 Å². The molecular weight excluding hydrogens is 387 g/mol. The molecule has 1 aromatic carbocycles. The fourth-order valence-corrected chi connectivity index (χ4v) is 4.63. The first-order valence-electron chi connectivity index (χ1n) is 10.9. The van der Waals surface area contributed by atoms with Crippen molar-refractivity contribution in [3.63, 3.8) is 0 Å². The van der Waals surface area contributed by atoms with Crippen molar-refractivity contribution in [1.82, 2.24) is 4.90 Å². The highest BCUT2D eigenvalue weighted by atomic mass is 19.1. The van der Waals surface area contributed by atoms with Crippen LogP contribution in [0.3, 0.4) is 0 Å². The molecule has 3 rings (SSSR count). The van der Waals surface area contributed by atoms with Crippen LogP contribution in [0.15, 0.2) is 24.3 Å². The minimum absolute atomic E-state index is 0.0563. The van der Waals surface area contributed by atoms with E-state index in [4.69, 9.17) is 14.2 Å². The second kappa shape index (κ2) is 9.96. The summed E-state index contributed by atoms with van der Waals surface area (Å²) in [7, 11) is 1.66. The number of ether oxygens (including phenoxy) is 3. The van der Waals surface area contributed by atoms with Crippen LogP contribution in [0.4, 0.5) is 14.9 Å². The molecular formula is C23H35FN2O4. The Morgan fingerprint density at radius 3 is 2.73 bits per heavy atom. The van der Waals surface area contributed by atoms with Gasteiger partial charge in [0.25, 0.3) is 0 Å². The number of piperidine rings is 1. The first kappa shape index (κ1) is 22.8. The molecule has 3 atom stereocenters. The predicted molar refractivity (Wildman–Crippen MR) is 114 cm³/mol. The van der Waals surface area contributed by atoms with Gasteiger partial charge in [0.05, 0.1) is 25.3 Å². The van der Waals surface area contributed by atoms with E-state index in [1.165, 1.54) is 6.07 Å². The van der Waals surface area contributed by atoms with Gasteiger partial charge in [0.1, 0.15) is 11.4 Å². The molecule has 1 unspecified atom stereocenters. The lowest BCUT2D eigenvalue weighted by atomic mass is 9.88. The van der Waals surface area contributed by atoms with Crippen molar-refractivity contribution in [2.75, 3.05) is 44.9 Å². The van der Waals surface area contributed by atoms with Crippen LogP contribution < -0.4 is 4.90 Å². The highest BCUT2D eigenvalue weighted by Gasteiger charge is 2.49. The van der Waals surface area contributed by atoms with Crippen LogP contribution in [-0.2, 0) is 14.2 Å². The van der Waals surface area contributed by atoms with Gasteiger partial charge in [0, 0.05) is 38.4 Å². The van der Waals surface area contributed by atoms with Crippen LogP contribution >= 0.6 is 0 Å². The maximum absolute atomic E-state index is 13.9. The number of carbonyl (C=O) groups is 1. The minimum Gasteiger partial charge on any atom is -0.444 e. The van der Waals surface area contributed by atoms with E-state index in [-0.39, 0.29) is 29.9 Å². The highest BCUT2D eigenvalue weighted by Crippen LogP contribution is 2.39. The fraction of sp³-hybridized carbons (Fsp3) is 0.696. The number of likely N-dealkylation sites (tertiary alicyclic amines) is 1. The summed E-state index contributed by atoms with van der Waals surface area (Å²) in [4.78, 5) is 17.1. The lowest BCUT2D eigenvalue weighted by molar-refractivity contribution is 0.0199. The first-order chi connectivity index (χ1) is 14.3. The Kier molecular flexibility index (Phi) is 7.58. The van der Waals surface area contributed by atoms with E-state index < -0.39 is 5.60 Å². The van der Waals surface area contributed by atoms with Crippen LogP contribution in [0, 0.1) is 11.7 Å². The molecule has 0 aliphatic carbocycles. The lowest BCUT2D eigenvalue weighted by Gasteiger charge is -2.43. The van der Waals surface area contributed by atoms with E-state index in [9.17, 15) is 9.18 Å². The number of hydrogen-bond acceptors (Lipinski definition) is 5. The number of halogens is 1. The van der Waals surface area contributed by atoms with Crippen LogP contribution in [0.25, 0.3) is 0 Å². The van der Waals surface area contributed by atoms with Gasteiger partial charge >= 0.3 is 6.09 Å². The molecule has 2 aliphatic heterocycles. The zero-order valence-electron chi connectivity index (χ0n) is 18.6. The number of fused-ring (bicyclic) bond motifs is 1. The summed E-state index contributed by atoms with van der Waals surface area (Å²) in [6, 6.07) is 6.93. The molecule has 0 radical (unpaired) electrons. The number of benzene rings is 1. The first-order valence-corrected chi connectivity index (χ1v) is 10.9. The second-order valence-electron chi connectivity index (χ2n) is 9.16. The molecule has 1 aromatic rings. The molecule has 0 spiro atoms. The van der Waals surface area contributed by atoms with Crippen molar-refractivity contribution in [3.8, 4) is 0 Å². The number of amides is 1. The molecule has 2 aliphatic rings. The van der Waals surface area contributed by atoms with Gasteiger partial charge in [-0.15, -0.1) is 0 Å². The van der Waals surface area contributed by atoms with Crippen LogP contribution in [0.5, 0.6) is 0 Å². The molecule has 2 saturated heterocycles. The number of methoxy groups -OCH3 is 1. The molecule has 0 aromatic heterocycles. The third-order valence-electron chi connectivity index (χ3n) is 5.80. The van der Waals surface area contributed by atoms with Gasteiger partial charge in [-0.3, -0.25) is 0 Å². The second-order valence-corrected chi connectivity index (χ2v) is 9.16. The Hall–Kier alpha value is -1.86. The summed E-state index contributed by atoms with van der Waals surface area (Å²) in [5.74, 6) is -0.00954. The summed E-state index contributed by atoms with van der Waals surface area (Å²) in [6.45, 7) is 8.88. The highest BCUT2D eigenvalue weighted by molar-refractivity contribution is 5.70. The SMILES string of the molecule is COCCOCCC1CN(C(=O)OC(C)(C)C)[C@@H]2CCCN(c3cccc(F)c3)[C@H]12. The van der Waals surface area contributed by atoms with Crippen LogP contribution in [-0.4, -0.2) is 68.7 Å². The van der Waals surface area contributed by atoms with Crippen molar-refractivity contribution >= 4 is 11.8 Å². The summed E-state index contributed by atoms with van der Waals surface area (Å²) < 4.78 is 30.4. The quantitative estimate of drug-likeness (QED) is 0.620. The van der Waals surface area contributed by atoms with Gasteiger partial charge in [-0.1, -0.05) is 6.07 Å². The largest absolute Gasteiger partial charge is 0.444 e. The fourth-order valence-electron chi connectivity index (χ4n) is 4.63. The van der Waals surface area contributed by atoms with E-state index in [0.717, 1.165) is 31.5 Å². The Bertz CT molecular complexity index is 709. The van der Waals surface area contributed by atoms with E-state index in [1.807, 2.05) is 31.7 Å². The molecule has 7 heteroatoms. The summed E-state index contributed by atoms with van der Waals surface area (Å²) >= 11 is 0. The molecule has 168 valence electrons. The Balaban J connectivity index is 1.79. The van der Waals surface area contributed by atoms with Gasteiger partial charge in [0.15, 0.2) is 0 Å². The van der Waals surface area contributed by atoms with Crippen LogP contribution in [0.1, 0.15) is 40.0 Å². The maximum atomic E-state index is 13.9. The standard InChI is InChI=1S/C23H35FN2O4/c1-23(2,3)30-22(27)26-16-17(10-12-29-14-13-28-4)21-20(26)9-6-11-25(21)19-8-5-7-18(24)15-19/h5,7-8,15,17,20-21H,6,9-14,16H2,1-4H3/t17?,20-,21-/m1/s1. The molecule has 0 N–H and O–H groups in total. The third kappa shape index (κ3) is 5.64. The van der Waals surface area contributed by atoms with E-state index >= 15 is 0 Å². The number of nitrogens with zero attached hydrogens (tertiary/aromatic N) is 2. The average molecular weight is 423 g/mol. The Morgan fingerprint density at radius 2 is 2.03 bits per heavy atom. The average Bonchev–Trinajstić information content (AvgIpc) is 3.06. The van der Waals surface area contributed by atoms with Gasteiger partial charge in [-0.2, -0.15) is 0 Å². The molecule has 0 bridgehead atoms. The van der Waals surface area contributed by atoms with E-state index in [2.05, 4.69) is 4.90 Å². The summed E-state index contributed by atoms with van der Waals surface area (Å²) in [5.41, 5.74) is 0.339. The minimum atomic E-state index is -0.537. The monoisotopic (exact) mass is 422 g/mol. The number of carbonyl (C=O) groups excluding carboxylic acids is 1. The summed E-state index contributed by atoms with van der Waals surface area (Å²) in [6.07, 6.45) is 2.45. The van der Waals surface area contributed by atoms with Gasteiger partial charge < -0.3 is 24.0 Å². The zero-order chi connectivity index (χ0) is 21.7. The van der Waals surface area contributed by atoms with Crippen molar-refractivity contribution in [1.29, 1.82) is 0 Å². The van der Waals surface area contributed by atoms with Crippen molar-refractivity contribution < 1.29 is 23.4 Å². The molecule has 2 heterocycles. The number of rotatable bonds is 7.